The summed E-state index contributed by atoms with van der Waals surface area (Å²) in [6, 6.07) is 24.6. The lowest BCUT2D eigenvalue weighted by molar-refractivity contribution is -0.207. The molecule has 41 heavy (non-hydrogen) atoms. The molecule has 1 heterocycles. The Morgan fingerprint density at radius 3 is 2.44 bits per heavy atom. The Balaban J connectivity index is 1.40. The van der Waals surface area contributed by atoms with E-state index in [1.807, 2.05) is 41.8 Å². The van der Waals surface area contributed by atoms with Crippen LogP contribution in [-0.4, -0.2) is 17.9 Å². The van der Waals surface area contributed by atoms with Gasteiger partial charge in [0.25, 0.3) is 11.9 Å². The number of carbonyl (C=O) groups is 2. The highest BCUT2D eigenvalue weighted by Gasteiger charge is 2.18. The summed E-state index contributed by atoms with van der Waals surface area (Å²) in [5.41, 5.74) is 17.8. The van der Waals surface area contributed by atoms with E-state index in [9.17, 15) is 9.59 Å². The summed E-state index contributed by atoms with van der Waals surface area (Å²) in [6.45, 7) is 0.288. The smallest absolute Gasteiger partial charge is 0.326 e. The largest absolute Gasteiger partial charge is 0.363 e. The minimum Gasteiger partial charge on any atom is -0.363 e. The maximum Gasteiger partial charge on any atom is 0.326 e. The fraction of sp³-hybridized carbons (Fsp3) is 0.156. The summed E-state index contributed by atoms with van der Waals surface area (Å²) in [6.07, 6.45) is 6.92. The number of rotatable bonds is 7. The van der Waals surface area contributed by atoms with Crippen molar-refractivity contribution in [3.63, 3.8) is 0 Å². The number of anilines is 2. The van der Waals surface area contributed by atoms with Crippen LogP contribution in [0.25, 0.3) is 16.7 Å². The second-order valence-corrected chi connectivity index (χ2v) is 10.5. The van der Waals surface area contributed by atoms with Gasteiger partial charge < -0.3 is 11.1 Å². The number of carbonyl (C=O) groups excluding carboxylic acids is 2. The Morgan fingerprint density at radius 2 is 1.76 bits per heavy atom. The second kappa shape index (κ2) is 13.0. The number of urea groups is 1. The number of hydrogen-bond acceptors (Lipinski definition) is 3. The number of nitrogens with one attached hydrogen (secondary N) is 1. The van der Waals surface area contributed by atoms with E-state index < -0.39 is 5.91 Å². The molecule has 0 radical (unpaired) electrons. The summed E-state index contributed by atoms with van der Waals surface area (Å²) in [5, 5.41) is 10.4. The van der Waals surface area contributed by atoms with Gasteiger partial charge in [-0.25, -0.2) is 4.79 Å². The van der Waals surface area contributed by atoms with Crippen LogP contribution in [0, 0.1) is 0 Å². The molecular formula is C32H31N6O2S+. The highest BCUT2D eigenvalue weighted by molar-refractivity contribution is 7.08. The van der Waals surface area contributed by atoms with E-state index in [4.69, 9.17) is 11.3 Å². The van der Waals surface area contributed by atoms with Crippen molar-refractivity contribution in [1.82, 2.24) is 0 Å². The first kappa shape index (κ1) is 27.7. The number of amides is 3. The van der Waals surface area contributed by atoms with Crippen molar-refractivity contribution in [2.75, 3.05) is 10.2 Å². The van der Waals surface area contributed by atoms with Gasteiger partial charge in [-0.3, -0.25) is 9.69 Å². The normalized spacial score (nSPS) is 13.3. The van der Waals surface area contributed by atoms with Crippen LogP contribution in [0.1, 0.15) is 47.2 Å². The lowest BCUT2D eigenvalue weighted by Gasteiger charge is -2.24. The molecule has 4 aromatic rings. The highest BCUT2D eigenvalue weighted by atomic mass is 32.1. The average molecular weight is 564 g/mol. The quantitative estimate of drug-likeness (QED) is 0.139. The molecule has 3 aromatic carbocycles. The van der Waals surface area contributed by atoms with Crippen molar-refractivity contribution in [3.8, 4) is 11.1 Å². The average Bonchev–Trinajstić information content (AvgIpc) is 3.56. The van der Waals surface area contributed by atoms with Crippen LogP contribution in [-0.2, 0) is 6.54 Å². The Bertz CT molecular complexity index is 1590. The Labute approximate surface area is 242 Å². The maximum atomic E-state index is 13.7. The zero-order valence-electron chi connectivity index (χ0n) is 22.5. The van der Waals surface area contributed by atoms with E-state index in [0.717, 1.165) is 35.2 Å². The topological polar surface area (TPSA) is 126 Å². The van der Waals surface area contributed by atoms with Gasteiger partial charge in [0.1, 0.15) is 0 Å². The van der Waals surface area contributed by atoms with Gasteiger partial charge in [0.15, 0.2) is 0 Å². The molecule has 9 heteroatoms. The first-order valence-corrected chi connectivity index (χ1v) is 14.3. The number of nitrogens with two attached hydrogens (primary N) is 2. The maximum absolute atomic E-state index is 13.7. The lowest BCUT2D eigenvalue weighted by Crippen LogP contribution is -2.34. The number of thiophene rings is 1. The Kier molecular flexibility index (Phi) is 8.76. The molecule has 0 saturated heterocycles. The summed E-state index contributed by atoms with van der Waals surface area (Å²) in [7, 11) is 0. The fourth-order valence-corrected chi connectivity index (χ4v) is 5.43. The van der Waals surface area contributed by atoms with E-state index in [0.29, 0.717) is 11.3 Å². The van der Waals surface area contributed by atoms with Gasteiger partial charge in [-0.1, -0.05) is 42.5 Å². The Morgan fingerprint density at radius 1 is 0.951 bits per heavy atom. The van der Waals surface area contributed by atoms with Crippen LogP contribution in [0.4, 0.5) is 16.2 Å². The van der Waals surface area contributed by atoms with Crippen LogP contribution in [0.3, 0.4) is 0 Å². The number of benzene rings is 3. The van der Waals surface area contributed by atoms with Gasteiger partial charge in [-0.15, -0.1) is 5.53 Å². The van der Waals surface area contributed by atoms with Crippen molar-refractivity contribution in [2.45, 2.75) is 32.2 Å². The molecule has 1 aliphatic carbocycles. The molecule has 5 rings (SSSR count). The molecular weight excluding hydrogens is 532 g/mol. The second-order valence-electron chi connectivity index (χ2n) is 9.73. The first-order valence-electron chi connectivity index (χ1n) is 13.4. The molecule has 8 nitrogen and oxygen atoms in total. The van der Waals surface area contributed by atoms with E-state index in [2.05, 4.69) is 45.1 Å². The standard InChI is InChI=1S/C32H30N6O2S/c33-31(37-34)36-30(39)25-11-9-22(10-12-25)20-38(29-15-13-24(14-16-29)23-5-2-1-3-6-23)32(40)35-28-8-4-7-26(19-28)27-17-18-41-21-27/h4-5,7-19,21,34H,1-3,6,20H2,(H,35,40)(H2,33,36,39)/p+1. The van der Waals surface area contributed by atoms with Gasteiger partial charge in [0.2, 0.25) is 0 Å². The number of nitrogens with zero attached hydrogens (tertiary/aromatic N) is 3. The van der Waals surface area contributed by atoms with Gasteiger partial charge in [0, 0.05) is 22.1 Å². The highest BCUT2D eigenvalue weighted by Crippen LogP contribution is 2.30. The molecule has 1 aromatic heterocycles. The van der Waals surface area contributed by atoms with Crippen LogP contribution < -0.4 is 21.5 Å². The molecule has 3 amide bonds. The molecule has 0 aliphatic heterocycles. The molecule has 0 fully saturated rings. The molecule has 5 N–H and O–H groups in total. The van der Waals surface area contributed by atoms with Crippen LogP contribution in [0.15, 0.2) is 106 Å². The lowest BCUT2D eigenvalue weighted by atomic mass is 9.93. The summed E-state index contributed by atoms with van der Waals surface area (Å²) in [4.78, 5) is 31.4. The molecule has 206 valence electrons. The van der Waals surface area contributed by atoms with Gasteiger partial charge >= 0.3 is 6.03 Å². The zero-order valence-corrected chi connectivity index (χ0v) is 23.3. The number of guanidine groups is 1. The summed E-state index contributed by atoms with van der Waals surface area (Å²) < 4.78 is 0. The molecule has 0 spiro atoms. The fourth-order valence-electron chi connectivity index (χ4n) is 4.77. The SMILES string of the molecule is NC(N=[NH2+])=NC(=O)c1ccc(CN(C(=O)Nc2cccc(-c3ccsc3)c2)c2ccc(C3=CCCCC3)cc2)cc1. The van der Waals surface area contributed by atoms with Crippen molar-refractivity contribution in [2.24, 2.45) is 15.8 Å². The molecule has 0 unspecified atom stereocenters. The van der Waals surface area contributed by atoms with E-state index in [1.165, 1.54) is 24.0 Å². The number of allylic oxidation sites excluding steroid dienone is 2. The third-order valence-corrected chi connectivity index (χ3v) is 7.63. The van der Waals surface area contributed by atoms with Crippen LogP contribution >= 0.6 is 11.3 Å². The first-order chi connectivity index (χ1) is 20.0. The van der Waals surface area contributed by atoms with Crippen molar-refractivity contribution < 1.29 is 15.1 Å². The minimum atomic E-state index is -0.545. The Hall–Kier alpha value is -4.89. The molecule has 0 atom stereocenters. The monoisotopic (exact) mass is 563 g/mol. The van der Waals surface area contributed by atoms with Crippen molar-refractivity contribution >= 4 is 46.2 Å². The van der Waals surface area contributed by atoms with Crippen molar-refractivity contribution in [1.29, 1.82) is 0 Å². The van der Waals surface area contributed by atoms with E-state index in [1.54, 1.807) is 40.5 Å². The molecule has 1 aliphatic rings. The zero-order chi connectivity index (χ0) is 28.6. The third kappa shape index (κ3) is 7.01. The van der Waals surface area contributed by atoms with Crippen LogP contribution in [0.5, 0.6) is 0 Å². The number of aliphatic imine (C=N–C) groups is 1. The summed E-state index contributed by atoms with van der Waals surface area (Å²) in [5.74, 6) is -0.839. The van der Waals surface area contributed by atoms with Gasteiger partial charge in [0.05, 0.1) is 6.54 Å². The number of hydrogen-bond donors (Lipinski definition) is 3. The molecule has 0 saturated carbocycles. The van der Waals surface area contributed by atoms with Gasteiger partial charge in [-0.2, -0.15) is 16.3 Å². The van der Waals surface area contributed by atoms with Crippen LogP contribution in [0.2, 0.25) is 0 Å². The predicted molar refractivity (Wildman–Crippen MR) is 165 cm³/mol. The van der Waals surface area contributed by atoms with Crippen molar-refractivity contribution in [3.05, 3.63) is 112 Å². The minimum absolute atomic E-state index is 0.265. The van der Waals surface area contributed by atoms with E-state index >= 15 is 0 Å². The van der Waals surface area contributed by atoms with E-state index in [-0.39, 0.29) is 18.5 Å². The molecule has 0 bridgehead atoms. The predicted octanol–water partition coefficient (Wildman–Crippen LogP) is 6.28. The van der Waals surface area contributed by atoms with Gasteiger partial charge in [-0.05, 0) is 107 Å². The summed E-state index contributed by atoms with van der Waals surface area (Å²) >= 11 is 1.63. The third-order valence-electron chi connectivity index (χ3n) is 6.94.